The standard InChI is InChI=1S/C14H22N2O2/c1-10(9-15)8-14(17)16-11(2)12-4-6-13(18-3)7-5-12/h4-7,10-11H,8-9,15H2,1-3H3,(H,16,17)/t10?,11-/m0/s1. The van der Waals surface area contributed by atoms with Gasteiger partial charge in [-0.05, 0) is 37.1 Å². The van der Waals surface area contributed by atoms with Crippen LogP contribution in [0.1, 0.15) is 31.9 Å². The van der Waals surface area contributed by atoms with Crippen molar-refractivity contribution in [3.05, 3.63) is 29.8 Å². The van der Waals surface area contributed by atoms with E-state index in [0.29, 0.717) is 13.0 Å². The van der Waals surface area contributed by atoms with Crippen LogP contribution in [-0.4, -0.2) is 19.6 Å². The molecule has 0 saturated heterocycles. The van der Waals surface area contributed by atoms with Gasteiger partial charge < -0.3 is 15.8 Å². The third kappa shape index (κ3) is 4.37. The Labute approximate surface area is 109 Å². The maximum absolute atomic E-state index is 11.7. The van der Waals surface area contributed by atoms with Crippen molar-refractivity contribution < 1.29 is 9.53 Å². The van der Waals surface area contributed by atoms with Gasteiger partial charge in [0.2, 0.25) is 5.91 Å². The van der Waals surface area contributed by atoms with Crippen LogP contribution in [0.2, 0.25) is 0 Å². The summed E-state index contributed by atoms with van der Waals surface area (Å²) in [6, 6.07) is 7.68. The molecule has 1 aromatic carbocycles. The van der Waals surface area contributed by atoms with Gasteiger partial charge in [0.1, 0.15) is 5.75 Å². The van der Waals surface area contributed by atoms with E-state index in [9.17, 15) is 4.79 Å². The van der Waals surface area contributed by atoms with Gasteiger partial charge in [0.25, 0.3) is 0 Å². The molecule has 0 aliphatic heterocycles. The third-order valence-electron chi connectivity index (χ3n) is 2.93. The van der Waals surface area contributed by atoms with E-state index in [1.54, 1.807) is 7.11 Å². The fourth-order valence-corrected chi connectivity index (χ4v) is 1.68. The number of methoxy groups -OCH3 is 1. The van der Waals surface area contributed by atoms with Crippen molar-refractivity contribution in [2.75, 3.05) is 13.7 Å². The lowest BCUT2D eigenvalue weighted by atomic mass is 10.1. The van der Waals surface area contributed by atoms with Crippen molar-refractivity contribution >= 4 is 5.91 Å². The van der Waals surface area contributed by atoms with Gasteiger partial charge in [-0.15, -0.1) is 0 Å². The Morgan fingerprint density at radius 3 is 2.44 bits per heavy atom. The van der Waals surface area contributed by atoms with Crippen LogP contribution in [0.4, 0.5) is 0 Å². The highest BCUT2D eigenvalue weighted by Crippen LogP contribution is 2.17. The van der Waals surface area contributed by atoms with Gasteiger partial charge in [-0.25, -0.2) is 0 Å². The van der Waals surface area contributed by atoms with E-state index in [2.05, 4.69) is 5.32 Å². The molecule has 0 bridgehead atoms. The number of carbonyl (C=O) groups is 1. The average molecular weight is 250 g/mol. The molecule has 1 unspecified atom stereocenters. The van der Waals surface area contributed by atoms with Gasteiger partial charge in [0.05, 0.1) is 13.2 Å². The van der Waals surface area contributed by atoms with Crippen molar-refractivity contribution in [2.45, 2.75) is 26.3 Å². The second kappa shape index (κ2) is 7.01. The van der Waals surface area contributed by atoms with Crippen LogP contribution in [0, 0.1) is 5.92 Å². The zero-order valence-electron chi connectivity index (χ0n) is 11.3. The summed E-state index contributed by atoms with van der Waals surface area (Å²) >= 11 is 0. The Bertz CT molecular complexity index is 376. The first-order valence-electron chi connectivity index (χ1n) is 6.20. The molecule has 4 nitrogen and oxygen atoms in total. The SMILES string of the molecule is COc1ccc([C@H](C)NC(=O)CC(C)CN)cc1. The monoisotopic (exact) mass is 250 g/mol. The van der Waals surface area contributed by atoms with Crippen molar-refractivity contribution in [1.29, 1.82) is 0 Å². The highest BCUT2D eigenvalue weighted by Gasteiger charge is 2.12. The van der Waals surface area contributed by atoms with Crippen molar-refractivity contribution in [2.24, 2.45) is 11.7 Å². The van der Waals surface area contributed by atoms with Crippen LogP contribution in [0.15, 0.2) is 24.3 Å². The molecule has 0 spiro atoms. The lowest BCUT2D eigenvalue weighted by molar-refractivity contribution is -0.122. The molecule has 0 heterocycles. The molecule has 0 aliphatic rings. The van der Waals surface area contributed by atoms with Gasteiger partial charge in [0, 0.05) is 6.42 Å². The highest BCUT2D eigenvalue weighted by atomic mass is 16.5. The second-order valence-corrected chi connectivity index (χ2v) is 4.61. The fourth-order valence-electron chi connectivity index (χ4n) is 1.68. The number of ether oxygens (including phenoxy) is 1. The van der Waals surface area contributed by atoms with Gasteiger partial charge >= 0.3 is 0 Å². The molecule has 4 heteroatoms. The average Bonchev–Trinajstić information content (AvgIpc) is 2.38. The Balaban J connectivity index is 2.53. The molecular weight excluding hydrogens is 228 g/mol. The van der Waals surface area contributed by atoms with E-state index in [1.807, 2.05) is 38.1 Å². The van der Waals surface area contributed by atoms with Gasteiger partial charge in [-0.3, -0.25) is 4.79 Å². The summed E-state index contributed by atoms with van der Waals surface area (Å²) in [5.74, 6) is 1.07. The molecule has 3 N–H and O–H groups in total. The number of benzene rings is 1. The summed E-state index contributed by atoms with van der Waals surface area (Å²) in [6.45, 7) is 4.47. The molecule has 0 aliphatic carbocycles. The molecule has 1 aromatic rings. The highest BCUT2D eigenvalue weighted by molar-refractivity contribution is 5.76. The normalized spacial score (nSPS) is 13.8. The van der Waals surface area contributed by atoms with E-state index < -0.39 is 0 Å². The number of hydrogen-bond acceptors (Lipinski definition) is 3. The third-order valence-corrected chi connectivity index (χ3v) is 2.93. The topological polar surface area (TPSA) is 64.3 Å². The van der Waals surface area contributed by atoms with Crippen LogP contribution >= 0.6 is 0 Å². The minimum absolute atomic E-state index is 0.00613. The number of amides is 1. The molecule has 1 amide bonds. The smallest absolute Gasteiger partial charge is 0.220 e. The van der Waals surface area contributed by atoms with Crippen molar-refractivity contribution in [3.8, 4) is 5.75 Å². The summed E-state index contributed by atoms with van der Waals surface area (Å²) in [5.41, 5.74) is 6.56. The molecular formula is C14H22N2O2. The zero-order chi connectivity index (χ0) is 13.5. The molecule has 1 rings (SSSR count). The summed E-state index contributed by atoms with van der Waals surface area (Å²) in [7, 11) is 1.63. The molecule has 0 saturated carbocycles. The zero-order valence-corrected chi connectivity index (χ0v) is 11.3. The van der Waals surface area contributed by atoms with Crippen LogP contribution in [0.5, 0.6) is 5.75 Å². The molecule has 0 radical (unpaired) electrons. The Hall–Kier alpha value is -1.55. The quantitative estimate of drug-likeness (QED) is 0.810. The van der Waals surface area contributed by atoms with Crippen molar-refractivity contribution in [1.82, 2.24) is 5.32 Å². The second-order valence-electron chi connectivity index (χ2n) is 4.61. The summed E-state index contributed by atoms with van der Waals surface area (Å²) < 4.78 is 5.10. The van der Waals surface area contributed by atoms with Gasteiger partial charge in [0.15, 0.2) is 0 Å². The van der Waals surface area contributed by atoms with Gasteiger partial charge in [-0.1, -0.05) is 19.1 Å². The lowest BCUT2D eigenvalue weighted by Crippen LogP contribution is -2.29. The number of rotatable bonds is 6. The minimum atomic E-state index is -0.00613. The first-order valence-corrected chi connectivity index (χ1v) is 6.20. The van der Waals surface area contributed by atoms with E-state index >= 15 is 0 Å². The van der Waals surface area contributed by atoms with Crippen LogP contribution < -0.4 is 15.8 Å². The Morgan fingerprint density at radius 1 is 1.33 bits per heavy atom. The summed E-state index contributed by atoms with van der Waals surface area (Å²) in [6.07, 6.45) is 0.469. The molecule has 0 aromatic heterocycles. The minimum Gasteiger partial charge on any atom is -0.497 e. The van der Waals surface area contributed by atoms with E-state index in [4.69, 9.17) is 10.5 Å². The van der Waals surface area contributed by atoms with E-state index in [1.165, 1.54) is 0 Å². The predicted octanol–water partition coefficient (Wildman–Crippen LogP) is 1.86. The molecule has 2 atom stereocenters. The first kappa shape index (κ1) is 14.5. The number of hydrogen-bond donors (Lipinski definition) is 2. The predicted molar refractivity (Wildman–Crippen MR) is 72.4 cm³/mol. The van der Waals surface area contributed by atoms with Gasteiger partial charge in [-0.2, -0.15) is 0 Å². The number of nitrogens with two attached hydrogens (primary N) is 1. The fraction of sp³-hybridized carbons (Fsp3) is 0.500. The van der Waals surface area contributed by atoms with E-state index in [-0.39, 0.29) is 17.9 Å². The summed E-state index contributed by atoms with van der Waals surface area (Å²) in [5, 5.41) is 2.96. The molecule has 18 heavy (non-hydrogen) atoms. The number of carbonyl (C=O) groups excluding carboxylic acids is 1. The molecule has 100 valence electrons. The molecule has 0 fully saturated rings. The lowest BCUT2D eigenvalue weighted by Gasteiger charge is -2.16. The van der Waals surface area contributed by atoms with Crippen LogP contribution in [-0.2, 0) is 4.79 Å². The Morgan fingerprint density at radius 2 is 1.94 bits per heavy atom. The van der Waals surface area contributed by atoms with Crippen LogP contribution in [0.3, 0.4) is 0 Å². The summed E-state index contributed by atoms with van der Waals surface area (Å²) in [4.78, 5) is 11.7. The maximum Gasteiger partial charge on any atom is 0.220 e. The van der Waals surface area contributed by atoms with Crippen LogP contribution in [0.25, 0.3) is 0 Å². The van der Waals surface area contributed by atoms with E-state index in [0.717, 1.165) is 11.3 Å². The van der Waals surface area contributed by atoms with Crippen molar-refractivity contribution in [3.63, 3.8) is 0 Å². The largest absolute Gasteiger partial charge is 0.497 e. The number of nitrogens with one attached hydrogen (secondary N) is 1. The Kier molecular flexibility index (Phi) is 5.65. The first-order chi connectivity index (χ1) is 8.56. The maximum atomic E-state index is 11.7.